The Morgan fingerprint density at radius 1 is 1.12 bits per heavy atom. The molecule has 0 fully saturated rings. The van der Waals surface area contributed by atoms with Crippen LogP contribution in [0.5, 0.6) is 5.75 Å². The number of nitrogens with one attached hydrogen (secondary N) is 1. The van der Waals surface area contributed by atoms with Gasteiger partial charge in [0.25, 0.3) is 0 Å². The predicted molar refractivity (Wildman–Crippen MR) is 138 cm³/mol. The summed E-state index contributed by atoms with van der Waals surface area (Å²) in [5, 5.41) is 6.30. The molecule has 0 atom stereocenters. The summed E-state index contributed by atoms with van der Waals surface area (Å²) in [5.74, 6) is 0.584. The van der Waals surface area contributed by atoms with Crippen molar-refractivity contribution in [1.82, 2.24) is 5.32 Å². The first-order valence-electron chi connectivity index (χ1n) is 11.7. The van der Waals surface area contributed by atoms with E-state index in [0.29, 0.717) is 25.5 Å². The minimum Gasteiger partial charge on any atom is -0.496 e. The van der Waals surface area contributed by atoms with Crippen LogP contribution in [-0.4, -0.2) is 32.8 Å². The van der Waals surface area contributed by atoms with Crippen molar-refractivity contribution in [3.05, 3.63) is 72.0 Å². The summed E-state index contributed by atoms with van der Waals surface area (Å²) < 4.78 is 17.1. The van der Waals surface area contributed by atoms with Crippen LogP contribution in [0.15, 0.2) is 65.3 Å². The van der Waals surface area contributed by atoms with Gasteiger partial charge < -0.3 is 19.2 Å². The molecule has 1 amide bonds. The zero-order valence-electron chi connectivity index (χ0n) is 20.2. The molecule has 0 radical (unpaired) electrons. The molecule has 0 bridgehead atoms. The van der Waals surface area contributed by atoms with Crippen LogP contribution >= 0.6 is 0 Å². The highest BCUT2D eigenvalue weighted by Crippen LogP contribution is 2.41. The molecule has 4 rings (SSSR count). The number of amides is 1. The van der Waals surface area contributed by atoms with Gasteiger partial charge in [0.1, 0.15) is 11.3 Å². The van der Waals surface area contributed by atoms with E-state index in [1.807, 2.05) is 32.9 Å². The Labute approximate surface area is 200 Å². The predicted octanol–water partition coefficient (Wildman–Crippen LogP) is 6.52. The van der Waals surface area contributed by atoms with Gasteiger partial charge in [-0.2, -0.15) is 0 Å². The van der Waals surface area contributed by atoms with E-state index in [4.69, 9.17) is 13.9 Å². The maximum Gasteiger partial charge on any atom is 0.244 e. The molecule has 0 saturated heterocycles. The van der Waals surface area contributed by atoms with E-state index < -0.39 is 0 Å². The minimum absolute atomic E-state index is 0.129. The van der Waals surface area contributed by atoms with Crippen molar-refractivity contribution in [2.24, 2.45) is 0 Å². The first-order valence-corrected chi connectivity index (χ1v) is 11.7. The number of hydrogen-bond acceptors (Lipinski definition) is 4. The van der Waals surface area contributed by atoms with Gasteiger partial charge in [-0.3, -0.25) is 4.79 Å². The SMILES string of the molecule is CCOCCCNC(=O)/C=C(\C)c1cc2c(-c3ccc4ccccc4c3)coc2c(C)c1OC. The number of ether oxygens (including phenoxy) is 2. The zero-order chi connectivity index (χ0) is 24.1. The average molecular weight is 458 g/mol. The van der Waals surface area contributed by atoms with Gasteiger partial charge in [0, 0.05) is 47.9 Å². The van der Waals surface area contributed by atoms with Gasteiger partial charge in [0.2, 0.25) is 5.91 Å². The van der Waals surface area contributed by atoms with E-state index in [9.17, 15) is 4.79 Å². The smallest absolute Gasteiger partial charge is 0.244 e. The molecular weight excluding hydrogens is 426 g/mol. The lowest BCUT2D eigenvalue weighted by atomic mass is 9.95. The third-order valence-electron chi connectivity index (χ3n) is 6.05. The molecule has 34 heavy (non-hydrogen) atoms. The van der Waals surface area contributed by atoms with E-state index in [1.54, 1.807) is 19.4 Å². The minimum atomic E-state index is -0.129. The summed E-state index contributed by atoms with van der Waals surface area (Å²) >= 11 is 0. The highest BCUT2D eigenvalue weighted by atomic mass is 16.5. The average Bonchev–Trinajstić information content (AvgIpc) is 3.28. The van der Waals surface area contributed by atoms with Gasteiger partial charge in [-0.25, -0.2) is 0 Å². The van der Waals surface area contributed by atoms with Gasteiger partial charge >= 0.3 is 0 Å². The van der Waals surface area contributed by atoms with Crippen LogP contribution in [-0.2, 0) is 9.53 Å². The maximum atomic E-state index is 12.5. The van der Waals surface area contributed by atoms with Crippen molar-refractivity contribution in [3.8, 4) is 16.9 Å². The summed E-state index contributed by atoms with van der Waals surface area (Å²) in [4.78, 5) is 12.5. The second kappa shape index (κ2) is 10.6. The van der Waals surface area contributed by atoms with Crippen molar-refractivity contribution in [1.29, 1.82) is 0 Å². The highest BCUT2D eigenvalue weighted by Gasteiger charge is 2.19. The van der Waals surface area contributed by atoms with Crippen molar-refractivity contribution < 1.29 is 18.7 Å². The van der Waals surface area contributed by atoms with Crippen LogP contribution in [0.3, 0.4) is 0 Å². The van der Waals surface area contributed by atoms with Crippen LogP contribution in [0, 0.1) is 6.92 Å². The second-order valence-corrected chi connectivity index (χ2v) is 8.34. The maximum absolute atomic E-state index is 12.5. The Bertz CT molecular complexity index is 1350. The largest absolute Gasteiger partial charge is 0.496 e. The normalized spacial score (nSPS) is 11.8. The standard InChI is InChI=1S/C29H31NO4/c1-5-33-14-8-13-30-27(31)15-19(2)24-17-25-26(18-34-29(25)20(3)28(24)32-4)23-12-11-21-9-6-7-10-22(21)16-23/h6-7,9-12,15-18H,5,8,13-14H2,1-4H3,(H,30,31)/b19-15+. The number of carbonyl (C=O) groups excluding carboxylic acids is 1. The number of hydrogen-bond donors (Lipinski definition) is 1. The number of aryl methyl sites for hydroxylation is 1. The molecule has 0 aliphatic heterocycles. The third-order valence-corrected chi connectivity index (χ3v) is 6.05. The summed E-state index contributed by atoms with van der Waals surface area (Å²) in [6, 6.07) is 16.8. The number of allylic oxidation sites excluding steroid dienone is 1. The van der Waals surface area contributed by atoms with Crippen molar-refractivity contribution in [2.75, 3.05) is 26.9 Å². The number of methoxy groups -OCH3 is 1. The fourth-order valence-corrected chi connectivity index (χ4v) is 4.31. The molecule has 0 aliphatic rings. The van der Waals surface area contributed by atoms with Crippen LogP contribution in [0.4, 0.5) is 0 Å². The molecule has 5 nitrogen and oxygen atoms in total. The Morgan fingerprint density at radius 2 is 1.91 bits per heavy atom. The summed E-state index contributed by atoms with van der Waals surface area (Å²) in [5.41, 5.74) is 5.50. The van der Waals surface area contributed by atoms with Crippen LogP contribution in [0.25, 0.3) is 38.4 Å². The molecule has 5 heteroatoms. The second-order valence-electron chi connectivity index (χ2n) is 8.34. The lowest BCUT2D eigenvalue weighted by molar-refractivity contribution is -0.116. The van der Waals surface area contributed by atoms with Crippen LogP contribution in [0.1, 0.15) is 31.4 Å². The number of rotatable bonds is 9. The number of fused-ring (bicyclic) bond motifs is 2. The topological polar surface area (TPSA) is 60.7 Å². The van der Waals surface area contributed by atoms with Gasteiger partial charge in [-0.15, -0.1) is 0 Å². The van der Waals surface area contributed by atoms with Crippen molar-refractivity contribution in [3.63, 3.8) is 0 Å². The fraction of sp³-hybridized carbons (Fsp3) is 0.276. The lowest BCUT2D eigenvalue weighted by Gasteiger charge is -2.13. The molecule has 0 saturated carbocycles. The third kappa shape index (κ3) is 4.85. The summed E-state index contributed by atoms with van der Waals surface area (Å²) in [6.45, 7) is 7.77. The Morgan fingerprint density at radius 3 is 2.68 bits per heavy atom. The molecule has 176 valence electrons. The molecule has 0 unspecified atom stereocenters. The molecule has 1 N–H and O–H groups in total. The Kier molecular flexibility index (Phi) is 7.33. The zero-order valence-corrected chi connectivity index (χ0v) is 20.2. The van der Waals surface area contributed by atoms with E-state index >= 15 is 0 Å². The van der Waals surface area contributed by atoms with E-state index in [0.717, 1.165) is 45.2 Å². The molecule has 1 aromatic heterocycles. The molecule has 3 aromatic carbocycles. The fourth-order valence-electron chi connectivity index (χ4n) is 4.31. The Balaban J connectivity index is 1.70. The molecule has 0 aliphatic carbocycles. The van der Waals surface area contributed by atoms with Crippen molar-refractivity contribution >= 4 is 33.2 Å². The van der Waals surface area contributed by atoms with Gasteiger partial charge in [-0.1, -0.05) is 36.4 Å². The summed E-state index contributed by atoms with van der Waals surface area (Å²) in [6.07, 6.45) is 4.21. The molecule has 4 aromatic rings. The van der Waals surface area contributed by atoms with E-state index in [2.05, 4.69) is 41.7 Å². The van der Waals surface area contributed by atoms with Gasteiger partial charge in [0.15, 0.2) is 0 Å². The number of furan rings is 1. The summed E-state index contributed by atoms with van der Waals surface area (Å²) in [7, 11) is 1.64. The molecular formula is C29H31NO4. The van der Waals surface area contributed by atoms with Crippen LogP contribution in [0.2, 0.25) is 0 Å². The monoisotopic (exact) mass is 457 g/mol. The van der Waals surface area contributed by atoms with Gasteiger partial charge in [-0.05, 0) is 61.2 Å². The highest BCUT2D eigenvalue weighted by molar-refractivity contribution is 6.02. The van der Waals surface area contributed by atoms with Crippen LogP contribution < -0.4 is 10.1 Å². The quantitative estimate of drug-likeness (QED) is 0.230. The van der Waals surface area contributed by atoms with E-state index in [-0.39, 0.29) is 5.91 Å². The lowest BCUT2D eigenvalue weighted by Crippen LogP contribution is -2.23. The number of carbonyl (C=O) groups is 1. The first kappa shape index (κ1) is 23.6. The van der Waals surface area contributed by atoms with Crippen molar-refractivity contribution in [2.45, 2.75) is 27.2 Å². The molecule has 0 spiro atoms. The number of benzene rings is 3. The van der Waals surface area contributed by atoms with Gasteiger partial charge in [0.05, 0.1) is 13.4 Å². The first-order chi connectivity index (χ1) is 16.5. The molecule has 1 heterocycles. The van der Waals surface area contributed by atoms with E-state index in [1.165, 1.54) is 10.8 Å². The Hall–Kier alpha value is -3.57.